The van der Waals surface area contributed by atoms with Gasteiger partial charge in [0, 0.05) is 12.5 Å². The summed E-state index contributed by atoms with van der Waals surface area (Å²) < 4.78 is 10.3. The monoisotopic (exact) mass is 272 g/mol. The first-order valence-electron chi connectivity index (χ1n) is 6.09. The first-order chi connectivity index (χ1) is 8.67. The molecule has 1 rings (SSSR count). The van der Waals surface area contributed by atoms with Gasteiger partial charge in [0.05, 0.1) is 0 Å². The second-order valence-electron chi connectivity index (χ2n) is 5.44. The molecule has 1 aliphatic heterocycles. The summed E-state index contributed by atoms with van der Waals surface area (Å²) in [5.74, 6) is -0.668. The number of carbonyl (C=O) groups excluding carboxylic acids is 1. The maximum absolute atomic E-state index is 11.5. The highest BCUT2D eigenvalue weighted by Gasteiger charge is 2.26. The van der Waals surface area contributed by atoms with Crippen molar-refractivity contribution < 1.29 is 24.2 Å². The Hall–Kier alpha value is -1.79. The highest BCUT2D eigenvalue weighted by Crippen LogP contribution is 2.10. The summed E-state index contributed by atoms with van der Waals surface area (Å²) in [7, 11) is 0. The van der Waals surface area contributed by atoms with Crippen LogP contribution in [0.25, 0.3) is 0 Å². The summed E-state index contributed by atoms with van der Waals surface area (Å²) >= 11 is 0. The van der Waals surface area contributed by atoms with E-state index in [1.165, 1.54) is 0 Å². The van der Waals surface area contributed by atoms with E-state index in [1.54, 1.807) is 27.7 Å². The molecule has 0 aromatic heterocycles. The molecule has 0 spiro atoms. The lowest BCUT2D eigenvalue weighted by molar-refractivity contribution is -0.138. The molecule has 7 nitrogen and oxygen atoms in total. The minimum Gasteiger partial charge on any atom is -0.480 e. The minimum absolute atomic E-state index is 0.0455. The molecule has 19 heavy (non-hydrogen) atoms. The largest absolute Gasteiger partial charge is 0.480 e. The van der Waals surface area contributed by atoms with Crippen molar-refractivity contribution in [1.82, 2.24) is 5.32 Å². The van der Waals surface area contributed by atoms with E-state index in [9.17, 15) is 9.59 Å². The second-order valence-corrected chi connectivity index (χ2v) is 5.44. The van der Waals surface area contributed by atoms with Gasteiger partial charge in [0.1, 0.15) is 12.2 Å². The molecule has 2 atom stereocenters. The number of nitrogens with one attached hydrogen (secondary N) is 1. The standard InChI is InChI=1S/C12H20N2O5/c1-7(13-11(17)19-12(2,3)4)5-9-14-8(6-18-9)10(15)16/h7-8H,5-6H2,1-4H3,(H,13,17)(H,15,16). The number of carbonyl (C=O) groups is 2. The predicted molar refractivity (Wildman–Crippen MR) is 68.3 cm³/mol. The average molecular weight is 272 g/mol. The number of ether oxygens (including phenoxy) is 2. The van der Waals surface area contributed by atoms with Crippen molar-refractivity contribution in [3.63, 3.8) is 0 Å². The Morgan fingerprint density at radius 3 is 2.68 bits per heavy atom. The molecule has 0 aromatic rings. The number of alkyl carbamates (subject to hydrolysis) is 1. The van der Waals surface area contributed by atoms with E-state index in [1.807, 2.05) is 0 Å². The van der Waals surface area contributed by atoms with Crippen LogP contribution in [-0.4, -0.2) is 47.4 Å². The molecular weight excluding hydrogens is 252 g/mol. The molecule has 1 amide bonds. The molecule has 0 saturated carbocycles. The zero-order valence-electron chi connectivity index (χ0n) is 11.6. The summed E-state index contributed by atoms with van der Waals surface area (Å²) in [6.07, 6.45) is -0.184. The fourth-order valence-electron chi connectivity index (χ4n) is 1.48. The number of amides is 1. The van der Waals surface area contributed by atoms with Crippen LogP contribution >= 0.6 is 0 Å². The van der Waals surface area contributed by atoms with Crippen LogP contribution in [0.15, 0.2) is 4.99 Å². The summed E-state index contributed by atoms with van der Waals surface area (Å²) in [6.45, 7) is 7.14. The summed E-state index contributed by atoms with van der Waals surface area (Å²) in [4.78, 5) is 26.1. The van der Waals surface area contributed by atoms with Crippen molar-refractivity contribution in [2.45, 2.75) is 51.8 Å². The normalized spacial score (nSPS) is 20.2. The topological polar surface area (TPSA) is 97.2 Å². The lowest BCUT2D eigenvalue weighted by Gasteiger charge is -2.21. The Morgan fingerprint density at radius 1 is 1.58 bits per heavy atom. The number of hydrogen-bond acceptors (Lipinski definition) is 5. The minimum atomic E-state index is -1.01. The maximum atomic E-state index is 11.5. The zero-order valence-corrected chi connectivity index (χ0v) is 11.6. The van der Waals surface area contributed by atoms with Crippen LogP contribution < -0.4 is 5.32 Å². The van der Waals surface area contributed by atoms with Gasteiger partial charge in [-0.25, -0.2) is 14.6 Å². The number of carboxylic acids is 1. The molecule has 0 aliphatic carbocycles. The summed E-state index contributed by atoms with van der Waals surface area (Å²) in [5, 5.41) is 11.4. The van der Waals surface area contributed by atoms with Gasteiger partial charge in [0.15, 0.2) is 11.9 Å². The number of carboxylic acid groups (broad SMARTS) is 1. The lowest BCUT2D eigenvalue weighted by Crippen LogP contribution is -2.38. The number of nitrogens with zero attached hydrogens (tertiary/aromatic N) is 1. The first-order valence-corrected chi connectivity index (χ1v) is 6.09. The zero-order chi connectivity index (χ0) is 14.6. The lowest BCUT2D eigenvalue weighted by atomic mass is 10.2. The smallest absolute Gasteiger partial charge is 0.407 e. The van der Waals surface area contributed by atoms with Crippen LogP contribution in [0.5, 0.6) is 0 Å². The third-order valence-corrected chi connectivity index (χ3v) is 2.24. The molecule has 0 aromatic carbocycles. The van der Waals surface area contributed by atoms with Crippen molar-refractivity contribution in [2.24, 2.45) is 4.99 Å². The number of aliphatic imine (C=N–C) groups is 1. The van der Waals surface area contributed by atoms with Gasteiger partial charge in [-0.15, -0.1) is 0 Å². The van der Waals surface area contributed by atoms with E-state index in [4.69, 9.17) is 14.6 Å². The molecule has 2 unspecified atom stereocenters. The molecule has 108 valence electrons. The third kappa shape index (κ3) is 5.58. The van der Waals surface area contributed by atoms with Crippen LogP contribution in [0.1, 0.15) is 34.1 Å². The van der Waals surface area contributed by atoms with E-state index in [0.717, 1.165) is 0 Å². The highest BCUT2D eigenvalue weighted by atomic mass is 16.6. The fraction of sp³-hybridized carbons (Fsp3) is 0.750. The van der Waals surface area contributed by atoms with Crippen molar-refractivity contribution in [3.8, 4) is 0 Å². The van der Waals surface area contributed by atoms with Crippen LogP contribution in [-0.2, 0) is 14.3 Å². The van der Waals surface area contributed by atoms with Crippen molar-refractivity contribution in [1.29, 1.82) is 0 Å². The van der Waals surface area contributed by atoms with Crippen LogP contribution in [0, 0.1) is 0 Å². The van der Waals surface area contributed by atoms with Crippen molar-refractivity contribution in [3.05, 3.63) is 0 Å². The summed E-state index contributed by atoms with van der Waals surface area (Å²) in [5.41, 5.74) is -0.556. The van der Waals surface area contributed by atoms with Crippen LogP contribution in [0.2, 0.25) is 0 Å². The molecule has 1 heterocycles. The van der Waals surface area contributed by atoms with Gasteiger partial charge < -0.3 is 19.9 Å². The van der Waals surface area contributed by atoms with Gasteiger partial charge in [-0.05, 0) is 27.7 Å². The Kier molecular flexibility index (Phi) is 4.74. The number of rotatable bonds is 4. The van der Waals surface area contributed by atoms with Gasteiger partial charge in [-0.3, -0.25) is 0 Å². The fourth-order valence-corrected chi connectivity index (χ4v) is 1.48. The van der Waals surface area contributed by atoms with Gasteiger partial charge in [0.25, 0.3) is 0 Å². The first kappa shape index (κ1) is 15.3. The van der Waals surface area contributed by atoms with Crippen LogP contribution in [0.4, 0.5) is 4.79 Å². The van der Waals surface area contributed by atoms with Gasteiger partial charge in [0.2, 0.25) is 0 Å². The molecule has 2 N–H and O–H groups in total. The molecule has 0 fully saturated rings. The molecule has 0 bridgehead atoms. The average Bonchev–Trinajstić information content (AvgIpc) is 2.62. The molecule has 0 radical (unpaired) electrons. The molecular formula is C12H20N2O5. The Morgan fingerprint density at radius 2 is 2.21 bits per heavy atom. The molecule has 7 heteroatoms. The van der Waals surface area contributed by atoms with E-state index >= 15 is 0 Å². The quantitative estimate of drug-likeness (QED) is 0.800. The Labute approximate surface area is 112 Å². The van der Waals surface area contributed by atoms with Gasteiger partial charge in [-0.1, -0.05) is 0 Å². The van der Waals surface area contributed by atoms with E-state index in [-0.39, 0.29) is 12.6 Å². The van der Waals surface area contributed by atoms with E-state index in [2.05, 4.69) is 10.3 Å². The molecule has 1 aliphatic rings. The van der Waals surface area contributed by atoms with Crippen molar-refractivity contribution >= 4 is 18.0 Å². The third-order valence-electron chi connectivity index (χ3n) is 2.24. The molecule has 0 saturated heterocycles. The maximum Gasteiger partial charge on any atom is 0.407 e. The second kappa shape index (κ2) is 5.90. The van der Waals surface area contributed by atoms with E-state index < -0.39 is 23.7 Å². The Balaban J connectivity index is 2.40. The van der Waals surface area contributed by atoms with Crippen molar-refractivity contribution in [2.75, 3.05) is 6.61 Å². The highest BCUT2D eigenvalue weighted by molar-refractivity contribution is 5.85. The van der Waals surface area contributed by atoms with E-state index in [0.29, 0.717) is 12.3 Å². The number of hydrogen-bond donors (Lipinski definition) is 2. The van der Waals surface area contributed by atoms with Gasteiger partial charge >= 0.3 is 12.1 Å². The number of aliphatic carboxylic acids is 1. The summed E-state index contributed by atoms with van der Waals surface area (Å²) in [6, 6.07) is -1.09. The SMILES string of the molecule is CC(CC1=NC(C(=O)O)CO1)NC(=O)OC(C)(C)C. The predicted octanol–water partition coefficient (Wildman–Crippen LogP) is 1.17. The Bertz CT molecular complexity index is 386. The van der Waals surface area contributed by atoms with Gasteiger partial charge in [-0.2, -0.15) is 0 Å². The van der Waals surface area contributed by atoms with Crippen LogP contribution in [0.3, 0.4) is 0 Å².